The number of nitrogens with one attached hydrogen (secondary N) is 3. The Balaban J connectivity index is 1.47. The molecule has 0 unspecified atom stereocenters. The molecule has 10 heteroatoms. The molecule has 0 spiro atoms. The maximum atomic E-state index is 12.3. The molecule has 4 aromatic rings. The minimum Gasteiger partial charge on any atom is -0.378 e. The molecule has 10 nitrogen and oxygen atoms in total. The number of anilines is 2. The van der Waals surface area contributed by atoms with E-state index in [2.05, 4.69) is 32.6 Å². The lowest BCUT2D eigenvalue weighted by molar-refractivity contribution is 0.0920. The lowest BCUT2D eigenvalue weighted by Gasteiger charge is -2.09. The molecule has 0 fully saturated rings. The minimum absolute atomic E-state index is 0.159. The normalized spacial score (nSPS) is 11.1. The lowest BCUT2D eigenvalue weighted by atomic mass is 10.2. The Morgan fingerprint density at radius 3 is 2.82 bits per heavy atom. The van der Waals surface area contributed by atoms with Crippen molar-refractivity contribution in [3.05, 3.63) is 54.5 Å². The lowest BCUT2D eigenvalue weighted by Crippen LogP contribution is -2.27. The number of hydrogen-bond acceptors (Lipinski definition) is 7. The van der Waals surface area contributed by atoms with Gasteiger partial charge in [-0.25, -0.2) is 4.98 Å². The summed E-state index contributed by atoms with van der Waals surface area (Å²) in [6.45, 7) is 4.78. The molecule has 1 amide bonds. The van der Waals surface area contributed by atoms with Crippen molar-refractivity contribution >= 4 is 28.6 Å². The molecule has 0 atom stereocenters. The number of carbonyl (C=O) groups is 1. The molecule has 0 radical (unpaired) electrons. The molecule has 33 heavy (non-hydrogen) atoms. The number of fused-ring (bicyclic) bond motifs is 1. The van der Waals surface area contributed by atoms with Crippen LogP contribution in [0.3, 0.4) is 0 Å². The molecule has 5 N–H and O–H groups in total. The predicted molar refractivity (Wildman–Crippen MR) is 127 cm³/mol. The number of hydrogen-bond donors (Lipinski definition) is 4. The number of carbonyl (C=O) groups excluding carboxylic acids is 1. The van der Waals surface area contributed by atoms with Crippen LogP contribution in [-0.4, -0.2) is 56.9 Å². The number of H-pyrrole nitrogens is 1. The summed E-state index contributed by atoms with van der Waals surface area (Å²) in [5, 5.41) is 11.4. The van der Waals surface area contributed by atoms with Gasteiger partial charge in [-0.05, 0) is 36.8 Å². The maximum Gasteiger partial charge on any atom is 0.251 e. The number of rotatable bonds is 11. The monoisotopic (exact) mass is 448 g/mol. The quantitative estimate of drug-likeness (QED) is 0.259. The van der Waals surface area contributed by atoms with Crippen molar-refractivity contribution in [2.45, 2.75) is 19.9 Å². The molecule has 0 saturated heterocycles. The number of benzene rings is 1. The zero-order valence-electron chi connectivity index (χ0n) is 18.5. The van der Waals surface area contributed by atoms with Gasteiger partial charge in [0.25, 0.3) is 5.91 Å². The maximum absolute atomic E-state index is 12.3. The Morgan fingerprint density at radius 1 is 1.18 bits per heavy atom. The summed E-state index contributed by atoms with van der Waals surface area (Å²) in [6, 6.07) is 9.10. The van der Waals surface area contributed by atoms with Crippen LogP contribution < -0.4 is 16.4 Å². The fourth-order valence-electron chi connectivity index (χ4n) is 3.41. The first-order chi connectivity index (χ1) is 16.2. The average molecular weight is 449 g/mol. The van der Waals surface area contributed by atoms with Crippen LogP contribution in [0.25, 0.3) is 22.3 Å². The first-order valence-electron chi connectivity index (χ1n) is 11.0. The van der Waals surface area contributed by atoms with Crippen LogP contribution in [0.5, 0.6) is 0 Å². The first kappa shape index (κ1) is 22.4. The molecule has 3 heterocycles. The molecule has 0 bridgehead atoms. The number of ether oxygens (including phenoxy) is 1. The van der Waals surface area contributed by atoms with Gasteiger partial charge in [0, 0.05) is 54.2 Å². The van der Waals surface area contributed by atoms with Crippen LogP contribution >= 0.6 is 0 Å². The Hall–Kier alpha value is -3.76. The van der Waals surface area contributed by atoms with Gasteiger partial charge < -0.3 is 26.1 Å². The van der Waals surface area contributed by atoms with Gasteiger partial charge in [0.1, 0.15) is 5.65 Å². The van der Waals surface area contributed by atoms with E-state index in [9.17, 15) is 4.79 Å². The van der Waals surface area contributed by atoms with Crippen LogP contribution in [0.1, 0.15) is 23.7 Å². The van der Waals surface area contributed by atoms with E-state index >= 15 is 0 Å². The number of nitrogens with zero attached hydrogens (tertiary/aromatic N) is 4. The molecule has 4 rings (SSSR count). The van der Waals surface area contributed by atoms with Crippen LogP contribution in [-0.2, 0) is 11.3 Å². The number of aryl methyl sites for hydroxylation is 1. The number of nitrogens with two attached hydrogens (primary N) is 1. The van der Waals surface area contributed by atoms with Gasteiger partial charge in [0.15, 0.2) is 0 Å². The number of aromatic amines is 1. The van der Waals surface area contributed by atoms with Crippen molar-refractivity contribution < 1.29 is 9.53 Å². The zero-order chi connectivity index (χ0) is 23.0. The molecular weight excluding hydrogens is 420 g/mol. The second-order valence-electron chi connectivity index (χ2n) is 7.49. The Morgan fingerprint density at radius 2 is 2.03 bits per heavy atom. The highest BCUT2D eigenvalue weighted by molar-refractivity contribution is 5.94. The minimum atomic E-state index is -0.159. The third-order valence-electron chi connectivity index (χ3n) is 4.97. The highest BCUT2D eigenvalue weighted by Gasteiger charge is 2.13. The smallest absolute Gasteiger partial charge is 0.251 e. The fraction of sp³-hybridized carbons (Fsp3) is 0.304. The summed E-state index contributed by atoms with van der Waals surface area (Å²) in [7, 11) is 0. The van der Waals surface area contributed by atoms with Gasteiger partial charge in [-0.1, -0.05) is 6.92 Å². The third kappa shape index (κ3) is 5.54. The van der Waals surface area contributed by atoms with Gasteiger partial charge in [-0.2, -0.15) is 10.1 Å². The summed E-state index contributed by atoms with van der Waals surface area (Å²) in [6.07, 6.45) is 6.67. The van der Waals surface area contributed by atoms with Crippen LogP contribution in [0, 0.1) is 0 Å². The van der Waals surface area contributed by atoms with Crippen LogP contribution in [0.2, 0.25) is 0 Å². The molecule has 0 aliphatic heterocycles. The standard InChI is InChI=1S/C23H28N8O2/c1-2-11-31-15-17(14-27-31)20-19-7-9-25-21(19)30-23(29-20)28-18-5-3-16(4-6-18)22(32)26-10-13-33-12-8-24/h3-7,9,14-15H,2,8,10-13,24H2,1H3,(H,26,32)(H2,25,28,29,30). The summed E-state index contributed by atoms with van der Waals surface area (Å²) in [5.41, 5.74) is 9.17. The summed E-state index contributed by atoms with van der Waals surface area (Å²) >= 11 is 0. The molecule has 1 aromatic carbocycles. The summed E-state index contributed by atoms with van der Waals surface area (Å²) < 4.78 is 7.18. The molecule has 3 aromatic heterocycles. The number of amides is 1. The van der Waals surface area contributed by atoms with Crippen molar-refractivity contribution in [3.8, 4) is 11.3 Å². The Kier molecular flexibility index (Phi) is 7.28. The van der Waals surface area contributed by atoms with E-state index in [0.717, 1.165) is 40.9 Å². The third-order valence-corrected chi connectivity index (χ3v) is 4.97. The van der Waals surface area contributed by atoms with E-state index in [0.29, 0.717) is 37.8 Å². The predicted octanol–water partition coefficient (Wildman–Crippen LogP) is 2.68. The highest BCUT2D eigenvalue weighted by Crippen LogP contribution is 2.27. The highest BCUT2D eigenvalue weighted by atomic mass is 16.5. The average Bonchev–Trinajstić information content (AvgIpc) is 3.49. The topological polar surface area (TPSA) is 136 Å². The molecule has 172 valence electrons. The van der Waals surface area contributed by atoms with Gasteiger partial charge in [-0.3, -0.25) is 9.48 Å². The van der Waals surface area contributed by atoms with Crippen molar-refractivity contribution in [1.82, 2.24) is 30.0 Å². The van der Waals surface area contributed by atoms with Gasteiger partial charge in [0.2, 0.25) is 5.95 Å². The van der Waals surface area contributed by atoms with Crippen LogP contribution in [0.15, 0.2) is 48.9 Å². The van der Waals surface area contributed by atoms with Crippen LogP contribution in [0.4, 0.5) is 11.6 Å². The molecule has 0 saturated carbocycles. The zero-order valence-corrected chi connectivity index (χ0v) is 18.5. The largest absolute Gasteiger partial charge is 0.378 e. The van der Waals surface area contributed by atoms with Gasteiger partial charge in [-0.15, -0.1) is 0 Å². The van der Waals surface area contributed by atoms with Crippen molar-refractivity contribution in [3.63, 3.8) is 0 Å². The van der Waals surface area contributed by atoms with E-state index in [4.69, 9.17) is 15.5 Å². The molecule has 0 aliphatic rings. The number of aromatic nitrogens is 5. The second kappa shape index (κ2) is 10.7. The SMILES string of the molecule is CCCn1cc(-c2nc(Nc3ccc(C(=O)NCCOCCN)cc3)nc3[nH]ccc23)cn1. The Bertz CT molecular complexity index is 1200. The summed E-state index contributed by atoms with van der Waals surface area (Å²) in [4.78, 5) is 24.7. The van der Waals surface area contributed by atoms with Gasteiger partial charge >= 0.3 is 0 Å². The van der Waals surface area contributed by atoms with Crippen molar-refractivity contribution in [2.24, 2.45) is 5.73 Å². The van der Waals surface area contributed by atoms with E-state index in [-0.39, 0.29) is 5.91 Å². The first-order valence-corrected chi connectivity index (χ1v) is 11.0. The van der Waals surface area contributed by atoms with E-state index < -0.39 is 0 Å². The summed E-state index contributed by atoms with van der Waals surface area (Å²) in [5.74, 6) is 0.297. The second-order valence-corrected chi connectivity index (χ2v) is 7.49. The molecular formula is C23H28N8O2. The van der Waals surface area contributed by atoms with Gasteiger partial charge in [0.05, 0.1) is 25.1 Å². The van der Waals surface area contributed by atoms with E-state index in [1.165, 1.54) is 0 Å². The van der Waals surface area contributed by atoms with Crippen molar-refractivity contribution in [1.29, 1.82) is 0 Å². The fourth-order valence-corrected chi connectivity index (χ4v) is 3.41. The molecule has 0 aliphatic carbocycles. The Labute approximate surface area is 191 Å². The van der Waals surface area contributed by atoms with Crippen molar-refractivity contribution in [2.75, 3.05) is 31.6 Å². The van der Waals surface area contributed by atoms with E-state index in [1.54, 1.807) is 12.1 Å². The van der Waals surface area contributed by atoms with E-state index in [1.807, 2.05) is 41.5 Å².